The van der Waals surface area contributed by atoms with Crippen LogP contribution >= 0.6 is 11.3 Å². The smallest absolute Gasteiger partial charge is 0.348 e. The number of hydrogen-bond acceptors (Lipinski definition) is 5. The summed E-state index contributed by atoms with van der Waals surface area (Å²) in [6, 6.07) is 7.73. The topological polar surface area (TPSA) is 73.2 Å². The molecule has 0 saturated carbocycles. The molecule has 0 aliphatic carbocycles. The Morgan fingerprint density at radius 2 is 2.04 bits per heavy atom. The highest BCUT2D eigenvalue weighted by Gasteiger charge is 2.19. The van der Waals surface area contributed by atoms with Crippen LogP contribution in [-0.4, -0.2) is 34.3 Å². The zero-order chi connectivity index (χ0) is 20.3. The Balaban J connectivity index is 1.73. The number of carbonyl (C=O) groups excluding carboxylic acids is 2. The predicted molar refractivity (Wildman–Crippen MR) is 106 cm³/mol. The Kier molecular flexibility index (Phi) is 6.08. The van der Waals surface area contributed by atoms with Crippen molar-refractivity contribution in [2.45, 2.75) is 39.7 Å². The van der Waals surface area contributed by atoms with Crippen LogP contribution in [0.1, 0.15) is 42.1 Å². The summed E-state index contributed by atoms with van der Waals surface area (Å²) >= 11 is 1.23. The predicted octanol–water partition coefficient (Wildman–Crippen LogP) is 4.00. The first-order valence-corrected chi connectivity index (χ1v) is 9.92. The summed E-state index contributed by atoms with van der Waals surface area (Å²) in [5.41, 5.74) is 1.45. The second-order valence-electron chi connectivity index (χ2n) is 6.64. The summed E-state index contributed by atoms with van der Waals surface area (Å²) in [6.07, 6.45) is 1.84. The van der Waals surface area contributed by atoms with Gasteiger partial charge < -0.3 is 10.1 Å². The van der Waals surface area contributed by atoms with Gasteiger partial charge in [0.2, 0.25) is 0 Å². The first-order valence-electron chi connectivity index (χ1n) is 9.10. The molecule has 1 amide bonds. The fourth-order valence-corrected chi connectivity index (χ4v) is 4.01. The minimum atomic E-state index is -0.551. The maximum Gasteiger partial charge on any atom is 0.348 e. The summed E-state index contributed by atoms with van der Waals surface area (Å²) in [6.45, 7) is 5.48. The fraction of sp³-hybridized carbons (Fsp3) is 0.350. The highest BCUT2D eigenvalue weighted by molar-refractivity contribution is 7.20. The Morgan fingerprint density at radius 3 is 2.71 bits per heavy atom. The quantitative estimate of drug-likeness (QED) is 0.605. The monoisotopic (exact) mass is 403 g/mol. The van der Waals surface area contributed by atoms with Crippen molar-refractivity contribution in [2.24, 2.45) is 0 Å². The number of hydrogen-bond donors (Lipinski definition) is 1. The van der Waals surface area contributed by atoms with Crippen LogP contribution in [0.4, 0.5) is 4.39 Å². The highest BCUT2D eigenvalue weighted by atomic mass is 32.1. The normalized spacial score (nSPS) is 12.1. The number of nitrogens with one attached hydrogen (secondary N) is 1. The first-order chi connectivity index (χ1) is 13.4. The van der Waals surface area contributed by atoms with E-state index in [1.165, 1.54) is 23.5 Å². The van der Waals surface area contributed by atoms with Crippen molar-refractivity contribution in [2.75, 3.05) is 6.61 Å². The number of ether oxygens (including phenoxy) is 1. The zero-order valence-corrected chi connectivity index (χ0v) is 16.8. The molecule has 0 saturated heterocycles. The summed E-state index contributed by atoms with van der Waals surface area (Å²) in [5.74, 6) is -1.19. The molecule has 1 aromatic carbocycles. The lowest BCUT2D eigenvalue weighted by atomic mass is 10.2. The van der Waals surface area contributed by atoms with E-state index in [9.17, 15) is 14.0 Å². The Morgan fingerprint density at radius 1 is 1.32 bits per heavy atom. The van der Waals surface area contributed by atoms with Crippen LogP contribution in [0.5, 0.6) is 0 Å². The van der Waals surface area contributed by atoms with E-state index < -0.39 is 5.97 Å². The first kappa shape index (κ1) is 20.0. The van der Waals surface area contributed by atoms with Gasteiger partial charge in [-0.05, 0) is 50.6 Å². The molecule has 0 spiro atoms. The van der Waals surface area contributed by atoms with Crippen molar-refractivity contribution < 1.29 is 18.7 Å². The van der Waals surface area contributed by atoms with Crippen LogP contribution in [0, 0.1) is 12.7 Å². The van der Waals surface area contributed by atoms with E-state index in [2.05, 4.69) is 10.4 Å². The van der Waals surface area contributed by atoms with E-state index in [1.807, 2.05) is 20.8 Å². The van der Waals surface area contributed by atoms with Crippen LogP contribution in [0.2, 0.25) is 0 Å². The molecule has 3 rings (SSSR count). The van der Waals surface area contributed by atoms with Crippen molar-refractivity contribution in [3.63, 3.8) is 0 Å². The molecule has 148 valence electrons. The zero-order valence-electron chi connectivity index (χ0n) is 16.0. The van der Waals surface area contributed by atoms with Gasteiger partial charge in [0.05, 0.1) is 11.4 Å². The van der Waals surface area contributed by atoms with E-state index in [-0.39, 0.29) is 24.4 Å². The number of esters is 1. The van der Waals surface area contributed by atoms with E-state index in [0.717, 1.165) is 28.8 Å². The Bertz CT molecular complexity index is 994. The Labute approximate surface area is 166 Å². The average Bonchev–Trinajstić information content (AvgIpc) is 3.21. The summed E-state index contributed by atoms with van der Waals surface area (Å²) < 4.78 is 20.0. The molecule has 0 bridgehead atoms. The van der Waals surface area contributed by atoms with E-state index >= 15 is 0 Å². The number of carbonyl (C=O) groups is 2. The van der Waals surface area contributed by atoms with Gasteiger partial charge in [0, 0.05) is 11.4 Å². The number of halogens is 1. The molecule has 2 aromatic heterocycles. The van der Waals surface area contributed by atoms with Crippen molar-refractivity contribution in [3.05, 3.63) is 46.7 Å². The maximum atomic E-state index is 13.2. The highest BCUT2D eigenvalue weighted by Crippen LogP contribution is 2.30. The SMILES string of the molecule is CCCC(C)NC(=O)COC(=O)c1cc2c(C)nn(-c3ccc(F)cc3)c2s1. The van der Waals surface area contributed by atoms with Crippen LogP contribution in [-0.2, 0) is 9.53 Å². The third-order valence-corrected chi connectivity index (χ3v) is 5.37. The van der Waals surface area contributed by atoms with E-state index in [4.69, 9.17) is 4.74 Å². The second kappa shape index (κ2) is 8.52. The van der Waals surface area contributed by atoms with Gasteiger partial charge in [-0.3, -0.25) is 4.79 Å². The number of aromatic nitrogens is 2. The standard InChI is InChI=1S/C20H22FN3O3S/c1-4-5-12(2)22-18(25)11-27-20(26)17-10-16-13(3)23-24(19(16)28-17)15-8-6-14(21)7-9-15/h6-10,12H,4-5,11H2,1-3H3,(H,22,25). The minimum Gasteiger partial charge on any atom is -0.451 e. The molecular formula is C20H22FN3O3S. The van der Waals surface area contributed by atoms with Gasteiger partial charge in [-0.2, -0.15) is 5.10 Å². The lowest BCUT2D eigenvalue weighted by molar-refractivity contribution is -0.124. The summed E-state index contributed by atoms with van der Waals surface area (Å²) in [5, 5.41) is 8.08. The molecular weight excluding hydrogens is 381 g/mol. The van der Waals surface area contributed by atoms with Crippen LogP contribution in [0.25, 0.3) is 15.9 Å². The number of rotatable bonds is 7. The Hall–Kier alpha value is -2.74. The average molecular weight is 403 g/mol. The van der Waals surface area contributed by atoms with Crippen molar-refractivity contribution in [1.82, 2.24) is 15.1 Å². The number of fused-ring (bicyclic) bond motifs is 1. The lowest BCUT2D eigenvalue weighted by Gasteiger charge is -2.12. The molecule has 1 unspecified atom stereocenters. The van der Waals surface area contributed by atoms with Gasteiger partial charge in [0.15, 0.2) is 6.61 Å². The number of aryl methyl sites for hydroxylation is 1. The molecule has 0 fully saturated rings. The molecule has 6 nitrogen and oxygen atoms in total. The van der Waals surface area contributed by atoms with Crippen LogP contribution in [0.15, 0.2) is 30.3 Å². The van der Waals surface area contributed by atoms with Gasteiger partial charge >= 0.3 is 5.97 Å². The van der Waals surface area contributed by atoms with Crippen molar-refractivity contribution in [1.29, 1.82) is 0 Å². The van der Waals surface area contributed by atoms with E-state index in [0.29, 0.717) is 10.6 Å². The summed E-state index contributed by atoms with van der Waals surface area (Å²) in [7, 11) is 0. The number of thiophene rings is 1. The second-order valence-corrected chi connectivity index (χ2v) is 7.67. The van der Waals surface area contributed by atoms with Gasteiger partial charge in [-0.1, -0.05) is 13.3 Å². The molecule has 0 aliphatic heterocycles. The fourth-order valence-electron chi connectivity index (χ4n) is 2.93. The van der Waals surface area contributed by atoms with Gasteiger partial charge in [-0.25, -0.2) is 13.9 Å². The molecule has 2 heterocycles. The molecule has 3 aromatic rings. The minimum absolute atomic E-state index is 0.0462. The third-order valence-electron chi connectivity index (χ3n) is 4.28. The van der Waals surface area contributed by atoms with Crippen LogP contribution < -0.4 is 5.32 Å². The van der Waals surface area contributed by atoms with E-state index in [1.54, 1.807) is 22.9 Å². The molecule has 1 atom stereocenters. The molecule has 0 radical (unpaired) electrons. The van der Waals surface area contributed by atoms with Gasteiger partial charge in [0.1, 0.15) is 15.5 Å². The largest absolute Gasteiger partial charge is 0.451 e. The summed E-state index contributed by atoms with van der Waals surface area (Å²) in [4.78, 5) is 25.4. The van der Waals surface area contributed by atoms with Crippen LogP contribution in [0.3, 0.4) is 0 Å². The van der Waals surface area contributed by atoms with Gasteiger partial charge in [0.25, 0.3) is 5.91 Å². The molecule has 8 heteroatoms. The third kappa shape index (κ3) is 4.39. The molecule has 28 heavy (non-hydrogen) atoms. The lowest BCUT2D eigenvalue weighted by Crippen LogP contribution is -2.35. The van der Waals surface area contributed by atoms with Crippen molar-refractivity contribution in [3.8, 4) is 5.69 Å². The number of amides is 1. The number of benzene rings is 1. The number of nitrogens with zero attached hydrogens (tertiary/aromatic N) is 2. The van der Waals surface area contributed by atoms with Gasteiger partial charge in [-0.15, -0.1) is 11.3 Å². The molecule has 1 N–H and O–H groups in total. The van der Waals surface area contributed by atoms with Crippen molar-refractivity contribution >= 4 is 33.4 Å². The maximum absolute atomic E-state index is 13.2. The molecule has 0 aliphatic rings.